The Morgan fingerprint density at radius 1 is 1.06 bits per heavy atom. The molecule has 1 aliphatic heterocycles. The molecular formula is C26H34N4O3. The Hall–Kier alpha value is -2.67. The van der Waals surface area contributed by atoms with Gasteiger partial charge in [0.05, 0.1) is 0 Å². The topological polar surface area (TPSA) is 101 Å². The number of nitrogens with two attached hydrogens (primary N) is 1. The van der Waals surface area contributed by atoms with Crippen LogP contribution in [0.4, 0.5) is 0 Å². The second kappa shape index (κ2) is 9.67. The highest BCUT2D eigenvalue weighted by Gasteiger charge is 2.37. The van der Waals surface area contributed by atoms with Crippen LogP contribution in [-0.2, 0) is 11.2 Å². The fraction of sp³-hybridized carbons (Fsp3) is 0.577. The van der Waals surface area contributed by atoms with Crippen molar-refractivity contribution in [1.29, 1.82) is 0 Å². The van der Waals surface area contributed by atoms with Gasteiger partial charge in [-0.15, -0.1) is 0 Å². The molecule has 2 heterocycles. The third kappa shape index (κ3) is 5.29. The Kier molecular flexibility index (Phi) is 6.49. The van der Waals surface area contributed by atoms with E-state index >= 15 is 0 Å². The van der Waals surface area contributed by atoms with Gasteiger partial charge in [0.1, 0.15) is 5.76 Å². The van der Waals surface area contributed by atoms with Crippen molar-refractivity contribution in [3.63, 3.8) is 0 Å². The smallest absolute Gasteiger partial charge is 0.273 e. The standard InChI is InChI=1S/C26H34N4O3/c27-20-10-8-19(9-11-20)26(32)30-13-12-21(15-22(30)14-17-4-2-1-3-5-17)28-25(31)23-16-24(33-29-23)18-6-7-18/h1-5,16,18-22H,6-15,27H2,(H,28,31)/t19?,20?,21-,22-/m1/s1. The molecule has 1 aromatic heterocycles. The minimum Gasteiger partial charge on any atom is -0.360 e. The van der Waals surface area contributed by atoms with Gasteiger partial charge < -0.3 is 20.5 Å². The van der Waals surface area contributed by atoms with Crippen LogP contribution in [0.5, 0.6) is 0 Å². The number of carbonyl (C=O) groups excluding carboxylic acids is 2. The third-order valence-electron chi connectivity index (χ3n) is 7.51. The minimum absolute atomic E-state index is 0.0103. The molecule has 0 radical (unpaired) electrons. The normalized spacial score (nSPS) is 27.8. The minimum atomic E-state index is -0.185. The zero-order valence-corrected chi connectivity index (χ0v) is 19.1. The van der Waals surface area contributed by atoms with Gasteiger partial charge in [0.2, 0.25) is 5.91 Å². The molecule has 3 aliphatic rings. The van der Waals surface area contributed by atoms with Gasteiger partial charge in [0.15, 0.2) is 5.69 Å². The van der Waals surface area contributed by atoms with Gasteiger partial charge in [-0.2, -0.15) is 0 Å². The van der Waals surface area contributed by atoms with Crippen LogP contribution in [0, 0.1) is 5.92 Å². The fourth-order valence-corrected chi connectivity index (χ4v) is 5.37. The number of likely N-dealkylation sites (tertiary alicyclic amines) is 1. The van der Waals surface area contributed by atoms with E-state index in [1.54, 1.807) is 6.07 Å². The maximum atomic E-state index is 13.5. The maximum absolute atomic E-state index is 13.5. The molecule has 0 spiro atoms. The summed E-state index contributed by atoms with van der Waals surface area (Å²) in [5.41, 5.74) is 7.63. The largest absolute Gasteiger partial charge is 0.360 e. The molecule has 2 aliphatic carbocycles. The fourth-order valence-electron chi connectivity index (χ4n) is 5.37. The number of amides is 2. The van der Waals surface area contributed by atoms with Gasteiger partial charge in [0, 0.05) is 42.6 Å². The number of benzene rings is 1. The van der Waals surface area contributed by atoms with Crippen molar-refractivity contribution in [2.45, 2.75) is 81.8 Å². The monoisotopic (exact) mass is 450 g/mol. The predicted octanol–water partition coefficient (Wildman–Crippen LogP) is 3.40. The van der Waals surface area contributed by atoms with E-state index in [4.69, 9.17) is 10.3 Å². The Balaban J connectivity index is 1.26. The number of carbonyl (C=O) groups is 2. The Morgan fingerprint density at radius 3 is 2.55 bits per heavy atom. The highest BCUT2D eigenvalue weighted by molar-refractivity contribution is 5.92. The van der Waals surface area contributed by atoms with Crippen LogP contribution in [0.1, 0.15) is 79.1 Å². The lowest BCUT2D eigenvalue weighted by Crippen LogP contribution is -2.54. The number of rotatable bonds is 6. The van der Waals surface area contributed by atoms with Crippen molar-refractivity contribution in [2.24, 2.45) is 11.7 Å². The van der Waals surface area contributed by atoms with Gasteiger partial charge in [-0.25, -0.2) is 0 Å². The van der Waals surface area contributed by atoms with E-state index in [-0.39, 0.29) is 35.9 Å². The molecule has 2 saturated carbocycles. The Labute approximate surface area is 195 Å². The molecule has 1 aromatic carbocycles. The number of nitrogens with zero attached hydrogens (tertiary/aromatic N) is 2. The zero-order chi connectivity index (χ0) is 22.8. The quantitative estimate of drug-likeness (QED) is 0.702. The lowest BCUT2D eigenvalue weighted by Gasteiger charge is -2.42. The van der Waals surface area contributed by atoms with E-state index in [0.717, 1.165) is 63.5 Å². The summed E-state index contributed by atoms with van der Waals surface area (Å²) in [5.74, 6) is 1.39. The molecule has 0 unspecified atom stereocenters. The lowest BCUT2D eigenvalue weighted by atomic mass is 9.84. The highest BCUT2D eigenvalue weighted by Crippen LogP contribution is 2.40. The molecule has 2 aromatic rings. The zero-order valence-electron chi connectivity index (χ0n) is 19.1. The van der Waals surface area contributed by atoms with E-state index in [1.165, 1.54) is 5.56 Å². The molecule has 5 rings (SSSR count). The predicted molar refractivity (Wildman–Crippen MR) is 125 cm³/mol. The van der Waals surface area contributed by atoms with Crippen LogP contribution in [0.25, 0.3) is 0 Å². The van der Waals surface area contributed by atoms with Crippen molar-refractivity contribution in [3.8, 4) is 0 Å². The summed E-state index contributed by atoms with van der Waals surface area (Å²) in [6, 6.07) is 12.4. The van der Waals surface area contributed by atoms with Crippen LogP contribution in [0.3, 0.4) is 0 Å². The van der Waals surface area contributed by atoms with Crippen LogP contribution < -0.4 is 11.1 Å². The van der Waals surface area contributed by atoms with Gasteiger partial charge in [-0.05, 0) is 63.4 Å². The number of hydrogen-bond donors (Lipinski definition) is 2. The lowest BCUT2D eigenvalue weighted by molar-refractivity contribution is -0.140. The van der Waals surface area contributed by atoms with Crippen LogP contribution in [0.15, 0.2) is 40.9 Å². The van der Waals surface area contributed by atoms with E-state index < -0.39 is 0 Å². The number of piperidine rings is 1. The number of nitrogens with one attached hydrogen (secondary N) is 1. The number of hydrogen-bond acceptors (Lipinski definition) is 5. The summed E-state index contributed by atoms with van der Waals surface area (Å²) < 4.78 is 5.35. The van der Waals surface area contributed by atoms with Crippen molar-refractivity contribution >= 4 is 11.8 Å². The summed E-state index contributed by atoms with van der Waals surface area (Å²) in [6.07, 6.45) is 8.11. The molecule has 0 bridgehead atoms. The average Bonchev–Trinajstić information content (AvgIpc) is 3.56. The van der Waals surface area contributed by atoms with Crippen LogP contribution >= 0.6 is 0 Å². The van der Waals surface area contributed by atoms with Crippen molar-refractivity contribution in [1.82, 2.24) is 15.4 Å². The summed E-state index contributed by atoms with van der Waals surface area (Å²) in [6.45, 7) is 0.663. The average molecular weight is 451 g/mol. The first kappa shape index (κ1) is 22.1. The molecule has 3 N–H and O–H groups in total. The molecule has 7 nitrogen and oxygen atoms in total. The highest BCUT2D eigenvalue weighted by atomic mass is 16.5. The summed E-state index contributed by atoms with van der Waals surface area (Å²) >= 11 is 0. The molecular weight excluding hydrogens is 416 g/mol. The summed E-state index contributed by atoms with van der Waals surface area (Å²) in [4.78, 5) is 28.3. The molecule has 2 atom stereocenters. The van der Waals surface area contributed by atoms with E-state index in [9.17, 15) is 9.59 Å². The van der Waals surface area contributed by atoms with Crippen molar-refractivity contribution in [2.75, 3.05) is 6.54 Å². The molecule has 1 saturated heterocycles. The second-order valence-electron chi connectivity index (χ2n) is 10.1. The van der Waals surface area contributed by atoms with E-state index in [1.807, 2.05) is 18.2 Å². The molecule has 176 valence electrons. The first-order chi connectivity index (χ1) is 16.1. The van der Waals surface area contributed by atoms with Crippen molar-refractivity contribution in [3.05, 3.63) is 53.4 Å². The van der Waals surface area contributed by atoms with Crippen LogP contribution in [-0.4, -0.2) is 46.5 Å². The molecule has 7 heteroatoms. The van der Waals surface area contributed by atoms with Gasteiger partial charge in [-0.1, -0.05) is 35.5 Å². The summed E-state index contributed by atoms with van der Waals surface area (Å²) in [7, 11) is 0. The van der Waals surface area contributed by atoms with Crippen molar-refractivity contribution < 1.29 is 14.1 Å². The second-order valence-corrected chi connectivity index (χ2v) is 10.1. The van der Waals surface area contributed by atoms with Crippen LogP contribution in [0.2, 0.25) is 0 Å². The molecule has 3 fully saturated rings. The van der Waals surface area contributed by atoms with Gasteiger partial charge in [-0.3, -0.25) is 9.59 Å². The molecule has 33 heavy (non-hydrogen) atoms. The first-order valence-electron chi connectivity index (χ1n) is 12.4. The Morgan fingerprint density at radius 2 is 1.82 bits per heavy atom. The van der Waals surface area contributed by atoms with Gasteiger partial charge in [0.25, 0.3) is 5.91 Å². The molecule has 2 amide bonds. The van der Waals surface area contributed by atoms with E-state index in [2.05, 4.69) is 27.5 Å². The first-order valence-corrected chi connectivity index (χ1v) is 12.4. The SMILES string of the molecule is NC1CCC(C(=O)N2CC[C@@H](NC(=O)c3cc(C4CC4)on3)C[C@H]2Cc2ccccc2)CC1. The van der Waals surface area contributed by atoms with Gasteiger partial charge >= 0.3 is 0 Å². The number of aromatic nitrogens is 1. The third-order valence-corrected chi connectivity index (χ3v) is 7.51. The van der Waals surface area contributed by atoms with E-state index in [0.29, 0.717) is 18.2 Å². The Bertz CT molecular complexity index is 963. The maximum Gasteiger partial charge on any atom is 0.273 e. The summed E-state index contributed by atoms with van der Waals surface area (Å²) in [5, 5.41) is 7.13.